The van der Waals surface area contributed by atoms with Crippen molar-refractivity contribution >= 4 is 34.4 Å². The van der Waals surface area contributed by atoms with E-state index >= 15 is 0 Å². The first-order valence-electron chi connectivity index (χ1n) is 7.21. The number of nitrogens with zero attached hydrogens (tertiary/aromatic N) is 5. The van der Waals surface area contributed by atoms with E-state index < -0.39 is 0 Å². The number of carbonyl (C=O) groups is 1. The van der Waals surface area contributed by atoms with Gasteiger partial charge in [-0.3, -0.25) is 14.4 Å². The normalized spacial score (nSPS) is 11.3. The SMILES string of the molecule is Cc1nn(C)cc1NC(=O)CN(C)Cc1ccc2nsnc2c1. The lowest BCUT2D eigenvalue weighted by atomic mass is 10.2. The Morgan fingerprint density at radius 3 is 2.87 bits per heavy atom. The molecule has 0 aliphatic rings. The number of aryl methyl sites for hydroxylation is 2. The van der Waals surface area contributed by atoms with Gasteiger partial charge in [0.05, 0.1) is 29.7 Å². The van der Waals surface area contributed by atoms with Gasteiger partial charge in [-0.1, -0.05) is 6.07 Å². The summed E-state index contributed by atoms with van der Waals surface area (Å²) in [6, 6.07) is 5.99. The maximum absolute atomic E-state index is 12.1. The van der Waals surface area contributed by atoms with Crippen molar-refractivity contribution in [1.82, 2.24) is 23.4 Å². The molecule has 2 aromatic heterocycles. The molecular formula is C15H18N6OS. The Labute approximate surface area is 138 Å². The molecule has 0 unspecified atom stereocenters. The van der Waals surface area contributed by atoms with Crippen molar-refractivity contribution in [3.05, 3.63) is 35.7 Å². The Bertz CT molecular complexity index is 839. The maximum Gasteiger partial charge on any atom is 0.238 e. The molecule has 1 amide bonds. The van der Waals surface area contributed by atoms with Crippen LogP contribution in [0.4, 0.5) is 5.69 Å². The number of fused-ring (bicyclic) bond motifs is 1. The summed E-state index contributed by atoms with van der Waals surface area (Å²) in [7, 11) is 3.75. The highest BCUT2D eigenvalue weighted by Crippen LogP contribution is 2.15. The number of aromatic nitrogens is 4. The Morgan fingerprint density at radius 1 is 1.35 bits per heavy atom. The molecular weight excluding hydrogens is 312 g/mol. The van der Waals surface area contributed by atoms with Crippen molar-refractivity contribution in [1.29, 1.82) is 0 Å². The van der Waals surface area contributed by atoms with E-state index in [2.05, 4.69) is 19.2 Å². The van der Waals surface area contributed by atoms with Crippen LogP contribution in [0.15, 0.2) is 24.4 Å². The Morgan fingerprint density at radius 2 is 2.13 bits per heavy atom. The molecule has 23 heavy (non-hydrogen) atoms. The highest BCUT2D eigenvalue weighted by atomic mass is 32.1. The molecule has 0 saturated heterocycles. The lowest BCUT2D eigenvalue weighted by Gasteiger charge is -2.16. The van der Waals surface area contributed by atoms with Gasteiger partial charge < -0.3 is 5.32 Å². The van der Waals surface area contributed by atoms with Crippen LogP contribution in [0.25, 0.3) is 11.0 Å². The number of nitrogens with one attached hydrogen (secondary N) is 1. The van der Waals surface area contributed by atoms with Crippen molar-refractivity contribution in [3.63, 3.8) is 0 Å². The van der Waals surface area contributed by atoms with Gasteiger partial charge >= 0.3 is 0 Å². The van der Waals surface area contributed by atoms with E-state index in [-0.39, 0.29) is 5.91 Å². The van der Waals surface area contributed by atoms with Crippen molar-refractivity contribution in [2.75, 3.05) is 18.9 Å². The van der Waals surface area contributed by atoms with Crippen LogP contribution in [-0.2, 0) is 18.4 Å². The molecule has 1 aromatic carbocycles. The maximum atomic E-state index is 12.1. The summed E-state index contributed by atoms with van der Waals surface area (Å²) in [4.78, 5) is 14.1. The van der Waals surface area contributed by atoms with Gasteiger partial charge in [-0.05, 0) is 31.7 Å². The van der Waals surface area contributed by atoms with E-state index in [0.29, 0.717) is 13.1 Å². The first-order valence-corrected chi connectivity index (χ1v) is 7.94. The van der Waals surface area contributed by atoms with Gasteiger partial charge in [0.15, 0.2) is 0 Å². The standard InChI is InChI=1S/C15H18N6OS/c1-10-14(8-21(3)17-10)16-15(22)9-20(2)7-11-4-5-12-13(6-11)19-23-18-12/h4-6,8H,7,9H2,1-3H3,(H,16,22). The first kappa shape index (κ1) is 15.6. The summed E-state index contributed by atoms with van der Waals surface area (Å²) in [5.41, 5.74) is 4.48. The fraction of sp³-hybridized carbons (Fsp3) is 0.333. The molecule has 8 heteroatoms. The highest BCUT2D eigenvalue weighted by molar-refractivity contribution is 7.00. The van der Waals surface area contributed by atoms with E-state index in [1.54, 1.807) is 10.9 Å². The smallest absolute Gasteiger partial charge is 0.238 e. The second-order valence-electron chi connectivity index (χ2n) is 5.61. The molecule has 2 heterocycles. The van der Waals surface area contributed by atoms with Crippen LogP contribution >= 0.6 is 11.7 Å². The summed E-state index contributed by atoms with van der Waals surface area (Å²) >= 11 is 1.21. The van der Waals surface area contributed by atoms with E-state index in [4.69, 9.17) is 0 Å². The average molecular weight is 330 g/mol. The molecule has 0 saturated carbocycles. The fourth-order valence-electron chi connectivity index (χ4n) is 2.45. The van der Waals surface area contributed by atoms with Gasteiger partial charge in [-0.2, -0.15) is 13.8 Å². The zero-order valence-electron chi connectivity index (χ0n) is 13.3. The van der Waals surface area contributed by atoms with Crippen LogP contribution in [0, 0.1) is 6.92 Å². The second-order valence-corrected chi connectivity index (χ2v) is 6.14. The van der Waals surface area contributed by atoms with Crippen LogP contribution in [0.3, 0.4) is 0 Å². The van der Waals surface area contributed by atoms with Gasteiger partial charge in [0.2, 0.25) is 5.91 Å². The van der Waals surface area contributed by atoms with Crippen LogP contribution < -0.4 is 5.32 Å². The molecule has 0 atom stereocenters. The lowest BCUT2D eigenvalue weighted by Crippen LogP contribution is -2.29. The number of rotatable bonds is 5. The molecule has 0 radical (unpaired) electrons. The molecule has 0 bridgehead atoms. The molecule has 3 rings (SSSR count). The summed E-state index contributed by atoms with van der Waals surface area (Å²) in [5, 5.41) is 7.10. The van der Waals surface area contributed by atoms with Crippen LogP contribution in [0.1, 0.15) is 11.3 Å². The summed E-state index contributed by atoms with van der Waals surface area (Å²) in [6.45, 7) is 2.85. The fourth-order valence-corrected chi connectivity index (χ4v) is 2.97. The monoisotopic (exact) mass is 330 g/mol. The minimum atomic E-state index is -0.0556. The van der Waals surface area contributed by atoms with Crippen LogP contribution in [-0.4, -0.2) is 42.9 Å². The Hall–Kier alpha value is -2.32. The van der Waals surface area contributed by atoms with E-state index in [9.17, 15) is 4.79 Å². The minimum Gasteiger partial charge on any atom is -0.322 e. The second kappa shape index (κ2) is 6.43. The quantitative estimate of drug-likeness (QED) is 0.772. The number of amides is 1. The number of anilines is 1. The number of hydrogen-bond acceptors (Lipinski definition) is 6. The van der Waals surface area contributed by atoms with Gasteiger partial charge in [0, 0.05) is 19.8 Å². The zero-order valence-corrected chi connectivity index (χ0v) is 14.1. The highest BCUT2D eigenvalue weighted by Gasteiger charge is 2.11. The number of benzene rings is 1. The molecule has 0 aliphatic heterocycles. The molecule has 0 fully saturated rings. The summed E-state index contributed by atoms with van der Waals surface area (Å²) in [5.74, 6) is -0.0556. The zero-order chi connectivity index (χ0) is 16.4. The molecule has 120 valence electrons. The number of likely N-dealkylation sites (N-methyl/N-ethyl adjacent to an activating group) is 1. The Balaban J connectivity index is 1.58. The topological polar surface area (TPSA) is 75.9 Å². The average Bonchev–Trinajstić information content (AvgIpc) is 3.04. The molecule has 3 aromatic rings. The van der Waals surface area contributed by atoms with Crippen molar-refractivity contribution < 1.29 is 4.79 Å². The lowest BCUT2D eigenvalue weighted by molar-refractivity contribution is -0.117. The molecule has 1 N–H and O–H groups in total. The summed E-state index contributed by atoms with van der Waals surface area (Å²) in [6.07, 6.45) is 1.80. The van der Waals surface area contributed by atoms with E-state index in [1.807, 2.05) is 44.1 Å². The van der Waals surface area contributed by atoms with Gasteiger partial charge in [0.1, 0.15) is 11.0 Å². The predicted octanol–water partition coefficient (Wildman–Crippen LogP) is 1.80. The third-order valence-electron chi connectivity index (χ3n) is 3.47. The third-order valence-corrected chi connectivity index (χ3v) is 4.03. The molecule has 0 aliphatic carbocycles. The van der Waals surface area contributed by atoms with Gasteiger partial charge in [-0.15, -0.1) is 0 Å². The van der Waals surface area contributed by atoms with Gasteiger partial charge in [0.25, 0.3) is 0 Å². The van der Waals surface area contributed by atoms with Crippen molar-refractivity contribution in [2.45, 2.75) is 13.5 Å². The number of carbonyl (C=O) groups excluding carboxylic acids is 1. The number of hydrogen-bond donors (Lipinski definition) is 1. The first-order chi connectivity index (χ1) is 11.0. The predicted molar refractivity (Wildman–Crippen MR) is 90.3 cm³/mol. The largest absolute Gasteiger partial charge is 0.322 e. The van der Waals surface area contributed by atoms with Crippen molar-refractivity contribution in [2.24, 2.45) is 7.05 Å². The van der Waals surface area contributed by atoms with Crippen molar-refractivity contribution in [3.8, 4) is 0 Å². The molecule has 0 spiro atoms. The minimum absolute atomic E-state index is 0.0556. The van der Waals surface area contributed by atoms with Crippen LogP contribution in [0.5, 0.6) is 0 Å². The van der Waals surface area contributed by atoms with Crippen LogP contribution in [0.2, 0.25) is 0 Å². The van der Waals surface area contributed by atoms with Gasteiger partial charge in [-0.25, -0.2) is 0 Å². The Kier molecular flexibility index (Phi) is 4.35. The molecule has 7 nitrogen and oxygen atoms in total. The van der Waals surface area contributed by atoms with E-state index in [0.717, 1.165) is 28.0 Å². The van der Waals surface area contributed by atoms with E-state index in [1.165, 1.54) is 11.7 Å². The third kappa shape index (κ3) is 3.72. The summed E-state index contributed by atoms with van der Waals surface area (Å²) < 4.78 is 10.1.